The van der Waals surface area contributed by atoms with Crippen LogP contribution >= 0.6 is 0 Å². The molecule has 0 aliphatic carbocycles. The van der Waals surface area contributed by atoms with Crippen molar-refractivity contribution in [1.29, 1.82) is 0 Å². The molecule has 17 heavy (non-hydrogen) atoms. The van der Waals surface area contributed by atoms with Crippen molar-refractivity contribution in [2.75, 3.05) is 18.5 Å². The fraction of sp³-hybridized carbons (Fsp3) is 0.545. The van der Waals surface area contributed by atoms with E-state index >= 15 is 0 Å². The molecule has 0 unspecified atom stereocenters. The summed E-state index contributed by atoms with van der Waals surface area (Å²) < 4.78 is 10.7. The Kier molecular flexibility index (Phi) is 5.19. The molecule has 0 saturated heterocycles. The molecule has 0 aliphatic rings. The number of rotatable bonds is 7. The van der Waals surface area contributed by atoms with Crippen LogP contribution in [0.1, 0.15) is 20.8 Å². The van der Waals surface area contributed by atoms with Crippen LogP contribution < -0.4 is 14.8 Å². The number of hydrogen-bond donors (Lipinski definition) is 1. The summed E-state index contributed by atoms with van der Waals surface area (Å²) in [6.45, 7) is 10.4. The fourth-order valence-corrected chi connectivity index (χ4v) is 1.04. The molecule has 0 saturated carbocycles. The number of anilines is 1. The fourth-order valence-electron chi connectivity index (χ4n) is 1.04. The van der Waals surface area contributed by atoms with Crippen LogP contribution in [0.2, 0.25) is 0 Å². The van der Waals surface area contributed by atoms with Crippen molar-refractivity contribution in [2.24, 2.45) is 0 Å². The lowest BCUT2D eigenvalue weighted by Crippen LogP contribution is -2.12. The van der Waals surface area contributed by atoms with Gasteiger partial charge in [0.15, 0.2) is 0 Å². The third-order valence-corrected chi connectivity index (χ3v) is 1.60. The molecule has 1 aromatic rings. The maximum atomic E-state index is 5.41. The Morgan fingerprint density at radius 2 is 2.00 bits per heavy atom. The summed E-state index contributed by atoms with van der Waals surface area (Å²) in [5.74, 6) is 0.442. The maximum Gasteiger partial charge on any atom is 0.324 e. The average molecular weight is 238 g/mol. The summed E-state index contributed by atoms with van der Waals surface area (Å²) in [7, 11) is 0. The number of hydrogen-bond acceptors (Lipinski definition) is 6. The van der Waals surface area contributed by atoms with Gasteiger partial charge in [-0.25, -0.2) is 0 Å². The summed E-state index contributed by atoms with van der Waals surface area (Å²) in [5, 5.41) is 2.99. The van der Waals surface area contributed by atoms with Crippen LogP contribution in [0.4, 0.5) is 5.95 Å². The lowest BCUT2D eigenvalue weighted by Gasteiger charge is -2.10. The Morgan fingerprint density at radius 1 is 1.29 bits per heavy atom. The number of aromatic nitrogens is 3. The first-order valence-electron chi connectivity index (χ1n) is 5.56. The Labute approximate surface area is 101 Å². The smallest absolute Gasteiger partial charge is 0.324 e. The second kappa shape index (κ2) is 6.67. The molecule has 0 fully saturated rings. The van der Waals surface area contributed by atoms with E-state index in [-0.39, 0.29) is 18.1 Å². The van der Waals surface area contributed by atoms with E-state index in [1.807, 2.05) is 20.8 Å². The van der Waals surface area contributed by atoms with Gasteiger partial charge in [0.05, 0.1) is 6.10 Å². The van der Waals surface area contributed by atoms with Crippen LogP contribution in [0, 0.1) is 0 Å². The van der Waals surface area contributed by atoms with Crippen molar-refractivity contribution >= 4 is 5.95 Å². The van der Waals surface area contributed by atoms with E-state index in [0.29, 0.717) is 19.1 Å². The molecule has 6 nitrogen and oxygen atoms in total. The Balaban J connectivity index is 2.87. The Morgan fingerprint density at radius 3 is 2.59 bits per heavy atom. The van der Waals surface area contributed by atoms with Crippen molar-refractivity contribution < 1.29 is 9.47 Å². The minimum Gasteiger partial charge on any atom is -0.461 e. The normalized spacial score (nSPS) is 10.1. The topological polar surface area (TPSA) is 69.2 Å². The van der Waals surface area contributed by atoms with Crippen LogP contribution in [0.15, 0.2) is 12.7 Å². The summed E-state index contributed by atoms with van der Waals surface area (Å²) in [5.41, 5.74) is 0. The lowest BCUT2D eigenvalue weighted by molar-refractivity contribution is 0.215. The van der Waals surface area contributed by atoms with Gasteiger partial charge in [-0.05, 0) is 20.8 Å². The van der Waals surface area contributed by atoms with Gasteiger partial charge in [0.2, 0.25) is 5.95 Å². The average Bonchev–Trinajstić information content (AvgIpc) is 2.25. The predicted octanol–water partition coefficient (Wildman–Crippen LogP) is 1.66. The summed E-state index contributed by atoms with van der Waals surface area (Å²) in [6.07, 6.45) is 1.62. The highest BCUT2D eigenvalue weighted by Gasteiger charge is 2.09. The van der Waals surface area contributed by atoms with Gasteiger partial charge in [-0.2, -0.15) is 9.97 Å². The van der Waals surface area contributed by atoms with Crippen LogP contribution in [0.25, 0.3) is 0 Å². The first-order valence-corrected chi connectivity index (χ1v) is 5.56. The van der Waals surface area contributed by atoms with Crippen molar-refractivity contribution in [3.63, 3.8) is 0 Å². The molecule has 94 valence electrons. The molecule has 6 heteroatoms. The summed E-state index contributed by atoms with van der Waals surface area (Å²) in [6, 6.07) is 0.483. The largest absolute Gasteiger partial charge is 0.461 e. The zero-order chi connectivity index (χ0) is 12.7. The second-order valence-corrected chi connectivity index (χ2v) is 3.52. The maximum absolute atomic E-state index is 5.41. The zero-order valence-electron chi connectivity index (χ0n) is 10.4. The monoisotopic (exact) mass is 238 g/mol. The van der Waals surface area contributed by atoms with Gasteiger partial charge < -0.3 is 14.8 Å². The molecule has 0 radical (unpaired) electrons. The van der Waals surface area contributed by atoms with E-state index in [1.54, 1.807) is 6.08 Å². The zero-order valence-corrected chi connectivity index (χ0v) is 10.4. The van der Waals surface area contributed by atoms with E-state index in [2.05, 4.69) is 26.8 Å². The van der Waals surface area contributed by atoms with E-state index in [4.69, 9.17) is 9.47 Å². The highest BCUT2D eigenvalue weighted by Crippen LogP contribution is 2.13. The van der Waals surface area contributed by atoms with Gasteiger partial charge in [-0.3, -0.25) is 0 Å². The number of nitrogens with one attached hydrogen (secondary N) is 1. The molecular formula is C11H18N4O2. The predicted molar refractivity (Wildman–Crippen MR) is 65.4 cm³/mol. The molecule has 0 aliphatic heterocycles. The first kappa shape index (κ1) is 13.2. The van der Waals surface area contributed by atoms with Crippen molar-refractivity contribution in [3.8, 4) is 12.0 Å². The van der Waals surface area contributed by atoms with Crippen LogP contribution in [-0.4, -0.2) is 34.2 Å². The van der Waals surface area contributed by atoms with Crippen molar-refractivity contribution in [3.05, 3.63) is 12.7 Å². The molecular weight excluding hydrogens is 220 g/mol. The van der Waals surface area contributed by atoms with Crippen molar-refractivity contribution in [1.82, 2.24) is 15.0 Å². The quantitative estimate of drug-likeness (QED) is 0.728. The molecule has 1 aromatic heterocycles. The third kappa shape index (κ3) is 4.67. The minimum atomic E-state index is -0.000805. The van der Waals surface area contributed by atoms with E-state index in [9.17, 15) is 0 Å². The van der Waals surface area contributed by atoms with Gasteiger partial charge in [-0.15, -0.1) is 4.98 Å². The van der Waals surface area contributed by atoms with E-state index in [0.717, 1.165) is 0 Å². The molecule has 0 spiro atoms. The van der Waals surface area contributed by atoms with Gasteiger partial charge in [0.1, 0.15) is 6.61 Å². The van der Waals surface area contributed by atoms with Crippen LogP contribution in [-0.2, 0) is 0 Å². The van der Waals surface area contributed by atoms with Gasteiger partial charge in [0, 0.05) is 6.54 Å². The van der Waals surface area contributed by atoms with Gasteiger partial charge in [-0.1, -0.05) is 12.7 Å². The SMILES string of the molecule is C=CCOc1nc(NCC)nc(OC(C)C)n1. The third-order valence-electron chi connectivity index (χ3n) is 1.60. The van der Waals surface area contributed by atoms with E-state index in [1.165, 1.54) is 0 Å². The number of nitrogens with zero attached hydrogens (tertiary/aromatic N) is 3. The summed E-state index contributed by atoms with van der Waals surface area (Å²) >= 11 is 0. The number of ether oxygens (including phenoxy) is 2. The molecule has 1 N–H and O–H groups in total. The molecule has 1 heterocycles. The highest BCUT2D eigenvalue weighted by atomic mass is 16.5. The molecule has 0 aromatic carbocycles. The first-order chi connectivity index (χ1) is 8.15. The van der Waals surface area contributed by atoms with Gasteiger partial charge in [0.25, 0.3) is 0 Å². The van der Waals surface area contributed by atoms with Crippen LogP contribution in [0.3, 0.4) is 0 Å². The van der Waals surface area contributed by atoms with Gasteiger partial charge >= 0.3 is 12.0 Å². The van der Waals surface area contributed by atoms with E-state index < -0.39 is 0 Å². The molecule has 0 amide bonds. The molecule has 0 atom stereocenters. The Bertz CT molecular complexity index is 368. The summed E-state index contributed by atoms with van der Waals surface area (Å²) in [4.78, 5) is 12.2. The highest BCUT2D eigenvalue weighted by molar-refractivity contribution is 5.27. The Hall–Kier alpha value is -1.85. The van der Waals surface area contributed by atoms with Crippen molar-refractivity contribution in [2.45, 2.75) is 26.9 Å². The van der Waals surface area contributed by atoms with Crippen LogP contribution in [0.5, 0.6) is 12.0 Å². The minimum absolute atomic E-state index is 0.000805. The standard InChI is InChI=1S/C11H18N4O2/c1-5-7-16-10-13-9(12-6-2)14-11(15-10)17-8(3)4/h5,8H,1,6-7H2,2-4H3,(H,12,13,14,15). The lowest BCUT2D eigenvalue weighted by atomic mass is 10.5. The second-order valence-electron chi connectivity index (χ2n) is 3.52. The molecule has 0 bridgehead atoms. The molecule has 1 rings (SSSR count).